The van der Waals surface area contributed by atoms with E-state index in [0.717, 1.165) is 0 Å². The number of ketones is 1. The molecule has 0 saturated carbocycles. The molecule has 0 unspecified atom stereocenters. The average molecular weight is 212 g/mol. The maximum Gasteiger partial charge on any atom is 0.454 e. The quantitative estimate of drug-likeness (QED) is 0.516. The van der Waals surface area contributed by atoms with Gasteiger partial charge in [-0.15, -0.1) is 0 Å². The summed E-state index contributed by atoms with van der Waals surface area (Å²) in [5.74, 6) is -2.40. The van der Waals surface area contributed by atoms with Crippen molar-refractivity contribution in [2.45, 2.75) is 20.0 Å². The number of carbonyl (C=O) groups excluding carboxylic acids is 1. The van der Waals surface area contributed by atoms with Crippen LogP contribution < -0.4 is 0 Å². The molecule has 0 aliphatic carbocycles. The van der Waals surface area contributed by atoms with E-state index in [1.165, 1.54) is 0 Å². The third-order valence-corrected chi connectivity index (χ3v) is 1.10. The number of allylic oxidation sites excluding steroid dienone is 1. The maximum absolute atomic E-state index is 11.8. The molecule has 6 heteroatoms. The van der Waals surface area contributed by atoms with Crippen molar-refractivity contribution in [1.82, 2.24) is 0 Å². The van der Waals surface area contributed by atoms with Crippen LogP contribution >= 0.6 is 0 Å². The summed E-state index contributed by atoms with van der Waals surface area (Å²) in [6.45, 7) is 3.42. The van der Waals surface area contributed by atoms with Crippen LogP contribution in [0.3, 0.4) is 0 Å². The molecular weight excluding hydrogens is 201 g/mol. The summed E-state index contributed by atoms with van der Waals surface area (Å²) >= 11 is 0. The molecule has 3 nitrogen and oxygen atoms in total. The van der Waals surface area contributed by atoms with Crippen LogP contribution in [0.2, 0.25) is 0 Å². The first kappa shape index (κ1) is 12.8. The van der Waals surface area contributed by atoms with E-state index in [1.54, 1.807) is 13.8 Å². The number of hydrogen-bond donors (Lipinski definition) is 0. The summed E-state index contributed by atoms with van der Waals surface area (Å²) < 4.78 is 44.7. The van der Waals surface area contributed by atoms with Crippen LogP contribution in [0.1, 0.15) is 13.8 Å². The fourth-order valence-electron chi connectivity index (χ4n) is 0.598. The van der Waals surface area contributed by atoms with Crippen molar-refractivity contribution in [2.75, 3.05) is 13.2 Å². The Morgan fingerprint density at radius 1 is 1.21 bits per heavy atom. The van der Waals surface area contributed by atoms with Gasteiger partial charge >= 0.3 is 6.18 Å². The summed E-state index contributed by atoms with van der Waals surface area (Å²) in [6, 6.07) is 0. The molecule has 0 aliphatic heterocycles. The molecule has 0 saturated heterocycles. The molecule has 0 aromatic carbocycles. The highest BCUT2D eigenvalue weighted by Crippen LogP contribution is 2.17. The standard InChI is InChI=1S/C8H11F3O3/c1-3-13-7(14-4-2)5-6(12)8(9,10)11/h5H,3-4H2,1-2H3. The second-order valence-corrected chi connectivity index (χ2v) is 2.19. The van der Waals surface area contributed by atoms with Crippen LogP contribution in [0, 0.1) is 0 Å². The van der Waals surface area contributed by atoms with Crippen molar-refractivity contribution in [3.63, 3.8) is 0 Å². The summed E-state index contributed by atoms with van der Waals surface area (Å²) in [4.78, 5) is 10.5. The zero-order valence-corrected chi connectivity index (χ0v) is 7.85. The summed E-state index contributed by atoms with van der Waals surface area (Å²) in [7, 11) is 0. The monoisotopic (exact) mass is 212 g/mol. The van der Waals surface area contributed by atoms with E-state index in [1.807, 2.05) is 0 Å². The molecule has 0 spiro atoms. The number of rotatable bonds is 5. The van der Waals surface area contributed by atoms with Gasteiger partial charge < -0.3 is 9.47 Å². The molecule has 0 aromatic heterocycles. The zero-order valence-electron chi connectivity index (χ0n) is 7.85. The van der Waals surface area contributed by atoms with E-state index in [4.69, 9.17) is 0 Å². The molecule has 0 bridgehead atoms. The van der Waals surface area contributed by atoms with Gasteiger partial charge in [0.25, 0.3) is 11.7 Å². The van der Waals surface area contributed by atoms with E-state index >= 15 is 0 Å². The van der Waals surface area contributed by atoms with Gasteiger partial charge in [0, 0.05) is 0 Å². The van der Waals surface area contributed by atoms with E-state index in [0.29, 0.717) is 6.08 Å². The Bertz CT molecular complexity index is 212. The fraction of sp³-hybridized carbons (Fsp3) is 0.625. The Morgan fingerprint density at radius 3 is 1.93 bits per heavy atom. The summed E-state index contributed by atoms with van der Waals surface area (Å²) in [5.41, 5.74) is 0. The number of halogens is 3. The Hall–Kier alpha value is -1.20. The topological polar surface area (TPSA) is 35.5 Å². The molecule has 0 atom stereocenters. The van der Waals surface area contributed by atoms with Gasteiger partial charge in [-0.1, -0.05) is 0 Å². The molecule has 0 radical (unpaired) electrons. The van der Waals surface area contributed by atoms with Gasteiger partial charge in [-0.2, -0.15) is 13.2 Å². The molecule has 14 heavy (non-hydrogen) atoms. The Morgan fingerprint density at radius 2 is 1.64 bits per heavy atom. The third-order valence-electron chi connectivity index (χ3n) is 1.10. The smallest absolute Gasteiger partial charge is 0.454 e. The van der Waals surface area contributed by atoms with Gasteiger partial charge in [-0.25, -0.2) is 0 Å². The second-order valence-electron chi connectivity index (χ2n) is 2.19. The van der Waals surface area contributed by atoms with Gasteiger partial charge in [-0.05, 0) is 13.8 Å². The van der Waals surface area contributed by atoms with Crippen LogP contribution in [-0.2, 0) is 14.3 Å². The summed E-state index contributed by atoms with van der Waals surface area (Å²) in [6.07, 6.45) is -4.59. The lowest BCUT2D eigenvalue weighted by atomic mass is 10.4. The molecule has 0 aromatic rings. The third kappa shape index (κ3) is 4.74. The fourth-order valence-corrected chi connectivity index (χ4v) is 0.598. The van der Waals surface area contributed by atoms with Crippen LogP contribution in [0.5, 0.6) is 0 Å². The highest BCUT2D eigenvalue weighted by atomic mass is 19.4. The first-order valence-electron chi connectivity index (χ1n) is 4.00. The minimum absolute atomic E-state index is 0.136. The predicted molar refractivity (Wildman–Crippen MR) is 42.4 cm³/mol. The average Bonchev–Trinajstić information content (AvgIpc) is 2.03. The number of hydrogen-bond acceptors (Lipinski definition) is 3. The first-order chi connectivity index (χ1) is 6.41. The highest BCUT2D eigenvalue weighted by Gasteiger charge is 2.37. The zero-order chi connectivity index (χ0) is 11.2. The van der Waals surface area contributed by atoms with Gasteiger partial charge in [-0.3, -0.25) is 4.79 Å². The molecular formula is C8H11F3O3. The minimum atomic E-state index is -4.89. The molecule has 0 fully saturated rings. The Kier molecular flexibility index (Phi) is 5.04. The number of ether oxygens (including phenoxy) is 2. The number of alkyl halides is 3. The first-order valence-corrected chi connectivity index (χ1v) is 4.00. The SMILES string of the molecule is CCOC(=CC(=O)C(F)(F)F)OCC. The predicted octanol–water partition coefficient (Wildman–Crippen LogP) is 2.03. The molecule has 0 heterocycles. The van der Waals surface area contributed by atoms with Crippen molar-refractivity contribution in [3.05, 3.63) is 12.0 Å². The maximum atomic E-state index is 11.8. The van der Waals surface area contributed by atoms with Gasteiger partial charge in [0.1, 0.15) is 0 Å². The Balaban J connectivity index is 4.48. The molecule has 0 aliphatic rings. The lowest BCUT2D eigenvalue weighted by Crippen LogP contribution is -2.21. The lowest BCUT2D eigenvalue weighted by molar-refractivity contribution is -0.165. The lowest BCUT2D eigenvalue weighted by Gasteiger charge is -2.08. The highest BCUT2D eigenvalue weighted by molar-refractivity contribution is 5.94. The largest absolute Gasteiger partial charge is 0.466 e. The van der Waals surface area contributed by atoms with E-state index in [2.05, 4.69) is 9.47 Å². The van der Waals surface area contributed by atoms with E-state index in [-0.39, 0.29) is 13.2 Å². The molecule has 0 amide bonds. The van der Waals surface area contributed by atoms with Crippen molar-refractivity contribution in [1.29, 1.82) is 0 Å². The second kappa shape index (κ2) is 5.51. The normalized spacial score (nSPS) is 10.6. The van der Waals surface area contributed by atoms with Crippen molar-refractivity contribution in [3.8, 4) is 0 Å². The Labute approximate surface area is 79.5 Å². The number of carbonyl (C=O) groups is 1. The van der Waals surface area contributed by atoms with Crippen LogP contribution in [0.4, 0.5) is 13.2 Å². The van der Waals surface area contributed by atoms with Crippen LogP contribution in [0.25, 0.3) is 0 Å². The van der Waals surface area contributed by atoms with Crippen LogP contribution in [-0.4, -0.2) is 25.2 Å². The van der Waals surface area contributed by atoms with Crippen molar-refractivity contribution >= 4 is 5.78 Å². The van der Waals surface area contributed by atoms with Crippen molar-refractivity contribution < 1.29 is 27.4 Å². The van der Waals surface area contributed by atoms with Gasteiger partial charge in [0.2, 0.25) is 0 Å². The van der Waals surface area contributed by atoms with E-state index in [9.17, 15) is 18.0 Å². The van der Waals surface area contributed by atoms with Crippen molar-refractivity contribution in [2.24, 2.45) is 0 Å². The summed E-state index contributed by atoms with van der Waals surface area (Å²) in [5, 5.41) is 0. The molecule has 0 N–H and O–H groups in total. The molecule has 82 valence electrons. The van der Waals surface area contributed by atoms with E-state index < -0.39 is 17.9 Å². The van der Waals surface area contributed by atoms with Crippen LogP contribution in [0.15, 0.2) is 12.0 Å². The van der Waals surface area contributed by atoms with Gasteiger partial charge in [0.15, 0.2) is 0 Å². The molecule has 0 rings (SSSR count). The minimum Gasteiger partial charge on any atom is -0.466 e. The van der Waals surface area contributed by atoms with Gasteiger partial charge in [0.05, 0.1) is 19.3 Å².